The van der Waals surface area contributed by atoms with Crippen LogP contribution in [0.4, 0.5) is 0 Å². The molecule has 1 N–H and O–H groups in total. The number of hydrogen-bond acceptors (Lipinski definition) is 6. The van der Waals surface area contributed by atoms with E-state index in [1.807, 2.05) is 24.3 Å². The number of hydrogen-bond donors (Lipinski definition) is 1. The van der Waals surface area contributed by atoms with Crippen LogP contribution in [0, 0.1) is 0 Å². The van der Waals surface area contributed by atoms with Crippen molar-refractivity contribution in [1.82, 2.24) is 10.3 Å². The summed E-state index contributed by atoms with van der Waals surface area (Å²) in [4.78, 5) is 17.0. The van der Waals surface area contributed by atoms with E-state index in [2.05, 4.69) is 10.3 Å². The van der Waals surface area contributed by atoms with Gasteiger partial charge in [-0.05, 0) is 36.4 Å². The SMILES string of the molecule is O=C(NCCS(=O)(=O)c1ccccc1)c1ccc(-c2nc3ccccc3s2)o1. The predicted molar refractivity (Wildman–Crippen MR) is 108 cm³/mol. The molecule has 0 saturated carbocycles. The number of rotatable bonds is 6. The van der Waals surface area contributed by atoms with Gasteiger partial charge >= 0.3 is 0 Å². The zero-order valence-electron chi connectivity index (χ0n) is 14.7. The zero-order chi connectivity index (χ0) is 19.6. The van der Waals surface area contributed by atoms with Gasteiger partial charge in [0.2, 0.25) is 0 Å². The first-order valence-electron chi connectivity index (χ1n) is 8.55. The average Bonchev–Trinajstić information content (AvgIpc) is 3.35. The molecule has 2 aromatic heterocycles. The fourth-order valence-corrected chi connectivity index (χ4v) is 4.79. The molecule has 2 aromatic carbocycles. The van der Waals surface area contributed by atoms with Crippen LogP contribution >= 0.6 is 11.3 Å². The second kappa shape index (κ2) is 7.57. The Hall–Kier alpha value is -2.97. The molecule has 4 rings (SSSR count). The van der Waals surface area contributed by atoms with Crippen molar-refractivity contribution in [1.29, 1.82) is 0 Å². The number of fused-ring (bicyclic) bond motifs is 1. The van der Waals surface area contributed by atoms with Gasteiger partial charge < -0.3 is 9.73 Å². The van der Waals surface area contributed by atoms with E-state index in [1.54, 1.807) is 30.3 Å². The molecule has 0 unspecified atom stereocenters. The number of aromatic nitrogens is 1. The lowest BCUT2D eigenvalue weighted by Crippen LogP contribution is -2.28. The van der Waals surface area contributed by atoms with Crippen LogP contribution < -0.4 is 5.32 Å². The van der Waals surface area contributed by atoms with Crippen LogP contribution in [0.5, 0.6) is 0 Å². The number of thiazole rings is 1. The maximum absolute atomic E-state index is 12.3. The lowest BCUT2D eigenvalue weighted by molar-refractivity contribution is 0.0929. The molecule has 0 bridgehead atoms. The van der Waals surface area contributed by atoms with Crippen molar-refractivity contribution in [2.45, 2.75) is 4.90 Å². The van der Waals surface area contributed by atoms with E-state index in [0.29, 0.717) is 10.8 Å². The number of furan rings is 1. The summed E-state index contributed by atoms with van der Waals surface area (Å²) in [6.07, 6.45) is 0. The second-order valence-electron chi connectivity index (χ2n) is 6.04. The molecular formula is C20H16N2O4S2. The highest BCUT2D eigenvalue weighted by Crippen LogP contribution is 2.31. The van der Waals surface area contributed by atoms with Crippen molar-refractivity contribution in [2.75, 3.05) is 12.3 Å². The van der Waals surface area contributed by atoms with Crippen molar-refractivity contribution in [3.05, 3.63) is 72.5 Å². The minimum absolute atomic E-state index is 0.00671. The Kier molecular flexibility index (Phi) is 4.97. The first kappa shape index (κ1) is 18.4. The van der Waals surface area contributed by atoms with Crippen molar-refractivity contribution in [3.8, 4) is 10.8 Å². The molecule has 28 heavy (non-hydrogen) atoms. The quantitative estimate of drug-likeness (QED) is 0.521. The maximum atomic E-state index is 12.3. The molecule has 0 spiro atoms. The summed E-state index contributed by atoms with van der Waals surface area (Å²) in [6.45, 7) is -0.00671. The molecule has 0 aliphatic heterocycles. The molecule has 0 fully saturated rings. The molecule has 6 nitrogen and oxygen atoms in total. The average molecular weight is 412 g/mol. The van der Waals surface area contributed by atoms with Gasteiger partial charge in [0.05, 0.1) is 20.9 Å². The second-order valence-corrected chi connectivity index (χ2v) is 9.18. The maximum Gasteiger partial charge on any atom is 0.287 e. The first-order chi connectivity index (χ1) is 13.5. The summed E-state index contributed by atoms with van der Waals surface area (Å²) in [5.41, 5.74) is 0.871. The summed E-state index contributed by atoms with van der Waals surface area (Å²) in [5, 5.41) is 3.27. The number of amides is 1. The Morgan fingerprint density at radius 2 is 1.75 bits per heavy atom. The highest BCUT2D eigenvalue weighted by molar-refractivity contribution is 7.91. The third-order valence-electron chi connectivity index (χ3n) is 4.09. The van der Waals surface area contributed by atoms with Crippen molar-refractivity contribution >= 4 is 37.3 Å². The Morgan fingerprint density at radius 1 is 1.00 bits per heavy atom. The first-order valence-corrected chi connectivity index (χ1v) is 11.0. The van der Waals surface area contributed by atoms with E-state index >= 15 is 0 Å². The highest BCUT2D eigenvalue weighted by atomic mass is 32.2. The number of carbonyl (C=O) groups excluding carboxylic acids is 1. The lowest BCUT2D eigenvalue weighted by atomic mass is 10.3. The van der Waals surface area contributed by atoms with Crippen molar-refractivity contribution in [2.24, 2.45) is 0 Å². The van der Waals surface area contributed by atoms with E-state index in [4.69, 9.17) is 4.42 Å². The number of para-hydroxylation sites is 1. The lowest BCUT2D eigenvalue weighted by Gasteiger charge is -2.05. The molecule has 2 heterocycles. The summed E-state index contributed by atoms with van der Waals surface area (Å²) in [7, 11) is -3.44. The van der Waals surface area contributed by atoms with Gasteiger partial charge in [-0.3, -0.25) is 4.79 Å². The minimum Gasteiger partial charge on any atom is -0.448 e. The molecule has 0 atom stereocenters. The predicted octanol–water partition coefficient (Wildman–Crippen LogP) is 3.76. The molecule has 142 valence electrons. The van der Waals surface area contributed by atoms with Crippen LogP contribution in [0.2, 0.25) is 0 Å². The molecular weight excluding hydrogens is 396 g/mol. The molecule has 4 aromatic rings. The van der Waals surface area contributed by atoms with Gasteiger partial charge in [0.25, 0.3) is 5.91 Å². The van der Waals surface area contributed by atoms with Crippen LogP contribution in [0.3, 0.4) is 0 Å². The van der Waals surface area contributed by atoms with E-state index in [1.165, 1.54) is 23.5 Å². The summed E-state index contributed by atoms with van der Waals surface area (Å²) in [6, 6.07) is 19.1. The molecule has 0 radical (unpaired) electrons. The van der Waals surface area contributed by atoms with Gasteiger partial charge in [-0.15, -0.1) is 11.3 Å². The number of nitrogens with one attached hydrogen (secondary N) is 1. The standard InChI is InChI=1S/C20H16N2O4S2/c23-19(21-12-13-28(24,25)14-6-2-1-3-7-14)16-10-11-17(26-16)20-22-15-8-4-5-9-18(15)27-20/h1-11H,12-13H2,(H,21,23). The van der Waals surface area contributed by atoms with Crippen molar-refractivity contribution in [3.63, 3.8) is 0 Å². The third kappa shape index (κ3) is 3.83. The van der Waals surface area contributed by atoms with Gasteiger partial charge in [0.1, 0.15) is 0 Å². The van der Waals surface area contributed by atoms with Crippen LogP contribution in [-0.4, -0.2) is 31.6 Å². The smallest absolute Gasteiger partial charge is 0.287 e. The Balaban J connectivity index is 1.41. The fraction of sp³-hybridized carbons (Fsp3) is 0.100. The van der Waals surface area contributed by atoms with Crippen LogP contribution in [0.15, 0.2) is 76.0 Å². The number of carbonyl (C=O) groups is 1. The van der Waals surface area contributed by atoms with Gasteiger partial charge in [0.15, 0.2) is 26.4 Å². The van der Waals surface area contributed by atoms with E-state index in [-0.39, 0.29) is 23.0 Å². The third-order valence-corrected chi connectivity index (χ3v) is 6.88. The van der Waals surface area contributed by atoms with E-state index in [9.17, 15) is 13.2 Å². The molecule has 0 aliphatic carbocycles. The highest BCUT2D eigenvalue weighted by Gasteiger charge is 2.17. The molecule has 1 amide bonds. The number of nitrogens with zero attached hydrogens (tertiary/aromatic N) is 1. The van der Waals surface area contributed by atoms with Gasteiger partial charge in [0, 0.05) is 6.54 Å². The fourth-order valence-electron chi connectivity index (χ4n) is 2.68. The summed E-state index contributed by atoms with van der Waals surface area (Å²) < 4.78 is 31.1. The molecule has 0 aliphatic rings. The Bertz CT molecular complexity index is 1190. The summed E-state index contributed by atoms with van der Waals surface area (Å²) in [5.74, 6) is -0.0287. The number of benzene rings is 2. The summed E-state index contributed by atoms with van der Waals surface area (Å²) >= 11 is 1.48. The largest absolute Gasteiger partial charge is 0.448 e. The van der Waals surface area contributed by atoms with Crippen LogP contribution in [-0.2, 0) is 9.84 Å². The van der Waals surface area contributed by atoms with Gasteiger partial charge in [-0.2, -0.15) is 0 Å². The Labute approximate surface area is 165 Å². The molecule has 8 heteroatoms. The number of sulfone groups is 1. The van der Waals surface area contributed by atoms with Crippen molar-refractivity contribution < 1.29 is 17.6 Å². The minimum atomic E-state index is -3.44. The van der Waals surface area contributed by atoms with Crippen LogP contribution in [0.1, 0.15) is 10.6 Å². The zero-order valence-corrected chi connectivity index (χ0v) is 16.3. The van der Waals surface area contributed by atoms with Gasteiger partial charge in [-0.1, -0.05) is 30.3 Å². The normalized spacial score (nSPS) is 11.6. The van der Waals surface area contributed by atoms with E-state index in [0.717, 1.165) is 10.2 Å². The topological polar surface area (TPSA) is 89.3 Å². The van der Waals surface area contributed by atoms with Gasteiger partial charge in [-0.25, -0.2) is 13.4 Å². The molecule has 0 saturated heterocycles. The Morgan fingerprint density at radius 3 is 2.54 bits per heavy atom. The van der Waals surface area contributed by atoms with E-state index < -0.39 is 15.7 Å². The van der Waals surface area contributed by atoms with Crippen LogP contribution in [0.25, 0.3) is 21.0 Å². The monoisotopic (exact) mass is 412 g/mol.